The number of hydrogen-bond acceptors (Lipinski definition) is 4. The van der Waals surface area contributed by atoms with Crippen molar-refractivity contribution in [3.63, 3.8) is 0 Å². The van der Waals surface area contributed by atoms with Gasteiger partial charge in [0.15, 0.2) is 5.78 Å². The zero-order valence-electron chi connectivity index (χ0n) is 14.2. The second-order valence-electron chi connectivity index (χ2n) is 5.92. The molecule has 26 heavy (non-hydrogen) atoms. The first-order chi connectivity index (χ1) is 12.3. The summed E-state index contributed by atoms with van der Waals surface area (Å²) in [6, 6.07) is 7.20. The average Bonchev–Trinajstić information content (AvgIpc) is 2.60. The summed E-state index contributed by atoms with van der Waals surface area (Å²) in [4.78, 5) is 40.1. The number of carbonyl (C=O) groups excluding carboxylic acids is 2. The van der Waals surface area contributed by atoms with Crippen LogP contribution in [0.25, 0.3) is 0 Å². The number of hydrogen-bond donors (Lipinski definition) is 3. The van der Waals surface area contributed by atoms with Crippen LogP contribution in [0.4, 0.5) is 10.5 Å². The van der Waals surface area contributed by atoms with E-state index in [1.807, 2.05) is 0 Å². The standard InChI is InChI=1S/C18H18BrN3O4/c1-10(2)15(22-18(25)26)17(24)21-14-6-5-12(19)8-13(14)16(23)11-4-3-7-20-9-11/h3-10,15,22H,1-2H3,(H,21,24)(H,25,26). The van der Waals surface area contributed by atoms with Gasteiger partial charge in [0, 0.05) is 28.0 Å². The Morgan fingerprint density at radius 2 is 1.92 bits per heavy atom. The van der Waals surface area contributed by atoms with Crippen LogP contribution < -0.4 is 10.6 Å². The lowest BCUT2D eigenvalue weighted by atomic mass is 10.0. The van der Waals surface area contributed by atoms with Gasteiger partial charge in [-0.15, -0.1) is 0 Å². The minimum absolute atomic E-state index is 0.265. The Kier molecular flexibility index (Phi) is 6.46. The van der Waals surface area contributed by atoms with Crippen molar-refractivity contribution in [1.82, 2.24) is 10.3 Å². The van der Waals surface area contributed by atoms with Crippen LogP contribution in [0.15, 0.2) is 47.2 Å². The highest BCUT2D eigenvalue weighted by molar-refractivity contribution is 9.10. The summed E-state index contributed by atoms with van der Waals surface area (Å²) < 4.78 is 0.673. The topological polar surface area (TPSA) is 108 Å². The summed E-state index contributed by atoms with van der Waals surface area (Å²) in [6.07, 6.45) is 1.71. The first-order valence-corrected chi connectivity index (χ1v) is 8.63. The molecule has 0 fully saturated rings. The van der Waals surface area contributed by atoms with Crippen molar-refractivity contribution in [3.05, 3.63) is 58.3 Å². The number of pyridine rings is 1. The summed E-state index contributed by atoms with van der Waals surface area (Å²) in [5, 5.41) is 13.8. The van der Waals surface area contributed by atoms with E-state index in [-0.39, 0.29) is 17.3 Å². The van der Waals surface area contributed by atoms with Crippen LogP contribution in [0.1, 0.15) is 29.8 Å². The van der Waals surface area contributed by atoms with E-state index in [2.05, 4.69) is 31.5 Å². The highest BCUT2D eigenvalue weighted by Gasteiger charge is 2.25. The van der Waals surface area contributed by atoms with Gasteiger partial charge in [0.25, 0.3) is 0 Å². The third-order valence-corrected chi connectivity index (χ3v) is 4.13. The summed E-state index contributed by atoms with van der Waals surface area (Å²) >= 11 is 3.32. The maximum atomic E-state index is 12.8. The predicted molar refractivity (Wildman–Crippen MR) is 100 cm³/mol. The molecule has 0 aliphatic rings. The fraction of sp³-hybridized carbons (Fsp3) is 0.222. The molecule has 0 radical (unpaired) electrons. The van der Waals surface area contributed by atoms with E-state index in [0.717, 1.165) is 0 Å². The fourth-order valence-electron chi connectivity index (χ4n) is 2.34. The van der Waals surface area contributed by atoms with E-state index in [4.69, 9.17) is 5.11 Å². The molecule has 1 heterocycles. The Hall–Kier alpha value is -2.74. The molecule has 0 aliphatic carbocycles. The van der Waals surface area contributed by atoms with Crippen molar-refractivity contribution >= 4 is 39.4 Å². The maximum absolute atomic E-state index is 12.8. The Morgan fingerprint density at radius 3 is 2.50 bits per heavy atom. The van der Waals surface area contributed by atoms with Gasteiger partial charge in [-0.2, -0.15) is 0 Å². The van der Waals surface area contributed by atoms with Crippen molar-refractivity contribution in [2.45, 2.75) is 19.9 Å². The third-order valence-electron chi connectivity index (χ3n) is 3.64. The Bertz CT molecular complexity index is 824. The number of nitrogens with one attached hydrogen (secondary N) is 2. The van der Waals surface area contributed by atoms with Gasteiger partial charge in [-0.3, -0.25) is 14.6 Å². The molecule has 7 nitrogen and oxygen atoms in total. The molecule has 0 bridgehead atoms. The monoisotopic (exact) mass is 419 g/mol. The Balaban J connectivity index is 2.34. The van der Waals surface area contributed by atoms with E-state index in [1.165, 1.54) is 6.20 Å². The number of anilines is 1. The largest absolute Gasteiger partial charge is 0.465 e. The van der Waals surface area contributed by atoms with Crippen molar-refractivity contribution < 1.29 is 19.5 Å². The van der Waals surface area contributed by atoms with Crippen molar-refractivity contribution in [1.29, 1.82) is 0 Å². The molecular weight excluding hydrogens is 402 g/mol. The lowest BCUT2D eigenvalue weighted by Gasteiger charge is -2.21. The van der Waals surface area contributed by atoms with E-state index < -0.39 is 18.0 Å². The van der Waals surface area contributed by atoms with E-state index in [9.17, 15) is 14.4 Å². The Morgan fingerprint density at radius 1 is 1.19 bits per heavy atom. The van der Waals surface area contributed by atoms with Gasteiger partial charge in [-0.05, 0) is 36.2 Å². The SMILES string of the molecule is CC(C)C(NC(=O)O)C(=O)Nc1ccc(Br)cc1C(=O)c1cccnc1. The third kappa shape index (κ3) is 4.89. The van der Waals surface area contributed by atoms with Gasteiger partial charge in [0.05, 0.1) is 5.69 Å². The van der Waals surface area contributed by atoms with Gasteiger partial charge < -0.3 is 15.7 Å². The summed E-state index contributed by atoms with van der Waals surface area (Å²) in [5.41, 5.74) is 0.952. The Labute approximate surface area is 159 Å². The van der Waals surface area contributed by atoms with Gasteiger partial charge >= 0.3 is 6.09 Å². The lowest BCUT2D eigenvalue weighted by molar-refractivity contribution is -0.118. The van der Waals surface area contributed by atoms with Gasteiger partial charge in [-0.1, -0.05) is 29.8 Å². The van der Waals surface area contributed by atoms with Crippen LogP contribution in [-0.4, -0.2) is 33.9 Å². The summed E-state index contributed by atoms with van der Waals surface area (Å²) in [7, 11) is 0. The van der Waals surface area contributed by atoms with Crippen LogP contribution in [0.2, 0.25) is 0 Å². The number of ketones is 1. The molecular formula is C18H18BrN3O4. The fourth-order valence-corrected chi connectivity index (χ4v) is 2.71. The molecule has 0 saturated carbocycles. The number of carbonyl (C=O) groups is 3. The molecule has 1 atom stereocenters. The second kappa shape index (κ2) is 8.57. The quantitative estimate of drug-likeness (QED) is 0.622. The number of benzene rings is 1. The van der Waals surface area contributed by atoms with Gasteiger partial charge in [0.2, 0.25) is 5.91 Å². The second-order valence-corrected chi connectivity index (χ2v) is 6.84. The molecule has 1 unspecified atom stereocenters. The van der Waals surface area contributed by atoms with Gasteiger partial charge in [-0.25, -0.2) is 4.79 Å². The van der Waals surface area contributed by atoms with Crippen molar-refractivity contribution in [2.75, 3.05) is 5.32 Å². The van der Waals surface area contributed by atoms with Crippen LogP contribution >= 0.6 is 15.9 Å². The molecule has 8 heteroatoms. The highest BCUT2D eigenvalue weighted by atomic mass is 79.9. The minimum Gasteiger partial charge on any atom is -0.465 e. The molecule has 0 aliphatic heterocycles. The highest BCUT2D eigenvalue weighted by Crippen LogP contribution is 2.24. The molecule has 1 aromatic heterocycles. The molecule has 0 saturated heterocycles. The average molecular weight is 420 g/mol. The first-order valence-electron chi connectivity index (χ1n) is 7.84. The smallest absolute Gasteiger partial charge is 0.405 e. The van der Waals surface area contributed by atoms with Gasteiger partial charge in [0.1, 0.15) is 6.04 Å². The van der Waals surface area contributed by atoms with E-state index >= 15 is 0 Å². The number of nitrogens with zero attached hydrogens (tertiary/aromatic N) is 1. The predicted octanol–water partition coefficient (Wildman–Crippen LogP) is 3.31. The molecule has 136 valence electrons. The number of carboxylic acid groups (broad SMARTS) is 1. The zero-order chi connectivity index (χ0) is 19.3. The molecule has 2 aromatic rings. The number of halogens is 1. The number of aromatic nitrogens is 1. The van der Waals surface area contributed by atoms with E-state index in [1.54, 1.807) is 50.4 Å². The molecule has 1 aromatic carbocycles. The minimum atomic E-state index is -1.29. The summed E-state index contributed by atoms with van der Waals surface area (Å²) in [6.45, 7) is 3.45. The first kappa shape index (κ1) is 19.6. The molecule has 3 N–H and O–H groups in total. The molecule has 2 amide bonds. The van der Waals surface area contributed by atoms with Crippen LogP contribution in [0.5, 0.6) is 0 Å². The zero-order valence-corrected chi connectivity index (χ0v) is 15.8. The van der Waals surface area contributed by atoms with E-state index in [0.29, 0.717) is 15.7 Å². The summed E-state index contributed by atoms with van der Waals surface area (Å²) in [5.74, 6) is -1.11. The normalized spacial score (nSPS) is 11.7. The number of rotatable bonds is 6. The molecule has 0 spiro atoms. The number of amides is 2. The van der Waals surface area contributed by atoms with Crippen molar-refractivity contribution in [3.8, 4) is 0 Å². The van der Waals surface area contributed by atoms with Crippen LogP contribution in [0.3, 0.4) is 0 Å². The molecule has 2 rings (SSSR count). The maximum Gasteiger partial charge on any atom is 0.405 e. The van der Waals surface area contributed by atoms with Crippen LogP contribution in [-0.2, 0) is 4.79 Å². The lowest BCUT2D eigenvalue weighted by Crippen LogP contribution is -2.46. The van der Waals surface area contributed by atoms with Crippen molar-refractivity contribution in [2.24, 2.45) is 5.92 Å². The van der Waals surface area contributed by atoms with Crippen LogP contribution in [0, 0.1) is 5.92 Å².